The van der Waals surface area contributed by atoms with Crippen LogP contribution in [-0.4, -0.2) is 42.6 Å². The zero-order chi connectivity index (χ0) is 14.2. The molecule has 0 amide bonds. The molecule has 104 valence electrons. The summed E-state index contributed by atoms with van der Waals surface area (Å²) in [5.74, 6) is 0. The molecule has 3 N–H and O–H groups in total. The predicted octanol–water partition coefficient (Wildman–Crippen LogP) is -1.20. The average molecular weight is 289 g/mol. The Hall–Kier alpha value is -1.65. The molecule has 0 bridgehead atoms. The number of nitrogens with zero attached hydrogens (tertiary/aromatic N) is 2. The number of aliphatic hydroxyl groups is 2. The van der Waals surface area contributed by atoms with Crippen LogP contribution in [0.3, 0.4) is 0 Å². The number of nitrogens with one attached hydrogen (secondary N) is 1. The van der Waals surface area contributed by atoms with E-state index in [2.05, 4.69) is 0 Å². The summed E-state index contributed by atoms with van der Waals surface area (Å²) in [6.45, 7) is -0.261. The van der Waals surface area contributed by atoms with Crippen LogP contribution in [-0.2, 0) is 0 Å². The Balaban J connectivity index is 2.41. The van der Waals surface area contributed by atoms with E-state index in [1.54, 1.807) is 0 Å². The summed E-state index contributed by atoms with van der Waals surface area (Å²) in [4.78, 5) is 34.5. The number of hydrogen-bond donors (Lipinski definition) is 3. The third-order valence-electron chi connectivity index (χ3n) is 2.84. The van der Waals surface area contributed by atoms with Gasteiger partial charge in [-0.25, -0.2) is 4.79 Å². The van der Waals surface area contributed by atoms with E-state index in [9.17, 15) is 24.8 Å². The molecular weight excluding hydrogens is 278 g/mol. The third kappa shape index (κ3) is 2.55. The SMILES string of the molecule is O=c1[nH]c(=O)n([C@H]2CC(O)[C@H](CO)S2)cc1[N+](=O)[O-]. The van der Waals surface area contributed by atoms with E-state index in [-0.39, 0.29) is 13.0 Å². The Morgan fingerprint density at radius 1 is 1.58 bits per heavy atom. The van der Waals surface area contributed by atoms with E-state index < -0.39 is 38.6 Å². The van der Waals surface area contributed by atoms with E-state index in [0.717, 1.165) is 22.5 Å². The maximum Gasteiger partial charge on any atom is 0.350 e. The lowest BCUT2D eigenvalue weighted by Crippen LogP contribution is -2.32. The second-order valence-corrected chi connectivity index (χ2v) is 5.47. The van der Waals surface area contributed by atoms with Crippen LogP contribution in [0, 0.1) is 10.1 Å². The molecule has 1 aliphatic heterocycles. The largest absolute Gasteiger partial charge is 0.395 e. The average Bonchev–Trinajstić information content (AvgIpc) is 2.69. The summed E-state index contributed by atoms with van der Waals surface area (Å²) in [6.07, 6.45) is 0.225. The number of H-pyrrole nitrogens is 1. The number of aliphatic hydroxyl groups excluding tert-OH is 2. The van der Waals surface area contributed by atoms with Gasteiger partial charge in [0.2, 0.25) is 0 Å². The molecule has 0 aromatic carbocycles. The number of aromatic nitrogens is 2. The minimum atomic E-state index is -1.06. The highest BCUT2D eigenvalue weighted by Crippen LogP contribution is 2.40. The lowest BCUT2D eigenvalue weighted by molar-refractivity contribution is -0.386. The third-order valence-corrected chi connectivity index (χ3v) is 4.39. The minimum absolute atomic E-state index is 0.166. The van der Waals surface area contributed by atoms with E-state index in [1.807, 2.05) is 4.98 Å². The topological polar surface area (TPSA) is 138 Å². The van der Waals surface area contributed by atoms with Crippen molar-refractivity contribution >= 4 is 17.4 Å². The van der Waals surface area contributed by atoms with Crippen molar-refractivity contribution < 1.29 is 15.1 Å². The van der Waals surface area contributed by atoms with Crippen molar-refractivity contribution in [2.45, 2.75) is 23.1 Å². The molecule has 1 aromatic rings. The van der Waals surface area contributed by atoms with E-state index in [0.29, 0.717) is 0 Å². The first-order chi connectivity index (χ1) is 8.93. The standard InChI is InChI=1S/C9H11N3O6S/c13-3-6-5(14)1-7(19-6)11-2-4(12(17)18)8(15)10-9(11)16/h2,5-7,13-14H,1,3H2,(H,10,15,16)/t5?,6-,7+/m0/s1. The van der Waals surface area contributed by atoms with Gasteiger partial charge in [0.25, 0.3) is 0 Å². The number of rotatable bonds is 3. The quantitative estimate of drug-likeness (QED) is 0.469. The zero-order valence-electron chi connectivity index (χ0n) is 9.55. The molecule has 2 heterocycles. The van der Waals surface area contributed by atoms with Gasteiger partial charge in [-0.2, -0.15) is 0 Å². The van der Waals surface area contributed by atoms with E-state index in [1.165, 1.54) is 0 Å². The van der Waals surface area contributed by atoms with Gasteiger partial charge in [0.1, 0.15) is 0 Å². The second-order valence-electron chi connectivity index (χ2n) is 4.05. The van der Waals surface area contributed by atoms with Gasteiger partial charge in [-0.3, -0.25) is 24.5 Å². The molecule has 2 rings (SSSR count). The molecule has 1 aliphatic rings. The first kappa shape index (κ1) is 13.8. The van der Waals surface area contributed by atoms with Crippen molar-refractivity contribution in [3.63, 3.8) is 0 Å². The smallest absolute Gasteiger partial charge is 0.350 e. The molecule has 1 unspecified atom stereocenters. The Bertz CT molecular complexity index is 611. The van der Waals surface area contributed by atoms with Gasteiger partial charge in [0.15, 0.2) is 0 Å². The van der Waals surface area contributed by atoms with Crippen molar-refractivity contribution in [1.29, 1.82) is 0 Å². The Morgan fingerprint density at radius 2 is 2.26 bits per heavy atom. The summed E-state index contributed by atoms with van der Waals surface area (Å²) in [7, 11) is 0. The molecule has 0 radical (unpaired) electrons. The molecule has 3 atom stereocenters. The van der Waals surface area contributed by atoms with Gasteiger partial charge in [-0.15, -0.1) is 11.8 Å². The lowest BCUT2D eigenvalue weighted by atomic mass is 10.2. The molecule has 9 nitrogen and oxygen atoms in total. The monoisotopic (exact) mass is 289 g/mol. The summed E-state index contributed by atoms with van der Waals surface area (Å²) >= 11 is 1.13. The second kappa shape index (κ2) is 5.15. The fourth-order valence-electron chi connectivity index (χ4n) is 1.87. The van der Waals surface area contributed by atoms with Crippen molar-refractivity contribution in [2.75, 3.05) is 6.61 Å². The Labute approximate surface area is 110 Å². The number of aromatic amines is 1. The van der Waals surface area contributed by atoms with Gasteiger partial charge in [-0.1, -0.05) is 0 Å². The fraction of sp³-hybridized carbons (Fsp3) is 0.556. The van der Waals surface area contributed by atoms with Gasteiger partial charge >= 0.3 is 16.9 Å². The summed E-state index contributed by atoms with van der Waals surface area (Å²) in [6, 6.07) is 0. The van der Waals surface area contributed by atoms with Crippen molar-refractivity contribution in [3.8, 4) is 0 Å². The number of thioether (sulfide) groups is 1. The summed E-state index contributed by atoms with van der Waals surface area (Å²) in [5.41, 5.74) is -2.57. The zero-order valence-corrected chi connectivity index (χ0v) is 10.4. The molecular formula is C9H11N3O6S. The van der Waals surface area contributed by atoms with Crippen LogP contribution < -0.4 is 11.2 Å². The molecule has 0 saturated carbocycles. The van der Waals surface area contributed by atoms with Crippen LogP contribution in [0.5, 0.6) is 0 Å². The highest BCUT2D eigenvalue weighted by atomic mass is 32.2. The molecule has 1 fully saturated rings. The lowest BCUT2D eigenvalue weighted by Gasteiger charge is -2.11. The van der Waals surface area contributed by atoms with Crippen LogP contribution in [0.25, 0.3) is 0 Å². The fourth-order valence-corrected chi connectivity index (χ4v) is 3.25. The van der Waals surface area contributed by atoms with Crippen LogP contribution in [0.15, 0.2) is 15.8 Å². The van der Waals surface area contributed by atoms with Crippen molar-refractivity contribution in [2.24, 2.45) is 0 Å². The van der Waals surface area contributed by atoms with Crippen molar-refractivity contribution in [1.82, 2.24) is 9.55 Å². The summed E-state index contributed by atoms with van der Waals surface area (Å²) in [5, 5.41) is 28.3. The molecule has 10 heteroatoms. The first-order valence-corrected chi connectivity index (χ1v) is 6.32. The normalized spacial score (nSPS) is 26.5. The molecule has 1 aromatic heterocycles. The summed E-state index contributed by atoms with van der Waals surface area (Å²) < 4.78 is 1.00. The Morgan fingerprint density at radius 3 is 2.79 bits per heavy atom. The maximum atomic E-state index is 11.6. The molecule has 19 heavy (non-hydrogen) atoms. The predicted molar refractivity (Wildman–Crippen MR) is 66.1 cm³/mol. The van der Waals surface area contributed by atoms with E-state index >= 15 is 0 Å². The first-order valence-electron chi connectivity index (χ1n) is 5.38. The maximum absolute atomic E-state index is 11.6. The minimum Gasteiger partial charge on any atom is -0.395 e. The van der Waals surface area contributed by atoms with Gasteiger partial charge in [0.05, 0.1) is 34.5 Å². The molecule has 0 aliphatic carbocycles. The van der Waals surface area contributed by atoms with Crippen LogP contribution in [0.2, 0.25) is 0 Å². The van der Waals surface area contributed by atoms with Gasteiger partial charge in [0, 0.05) is 6.42 Å². The van der Waals surface area contributed by atoms with Crippen LogP contribution in [0.1, 0.15) is 11.8 Å². The highest BCUT2D eigenvalue weighted by molar-refractivity contribution is 8.00. The number of nitro groups is 1. The molecule has 0 spiro atoms. The van der Waals surface area contributed by atoms with Crippen LogP contribution >= 0.6 is 11.8 Å². The highest BCUT2D eigenvalue weighted by Gasteiger charge is 2.35. The number of hydrogen-bond acceptors (Lipinski definition) is 7. The van der Waals surface area contributed by atoms with Crippen molar-refractivity contribution in [3.05, 3.63) is 37.1 Å². The van der Waals surface area contributed by atoms with Gasteiger partial charge < -0.3 is 10.2 Å². The Kier molecular flexibility index (Phi) is 3.73. The van der Waals surface area contributed by atoms with Gasteiger partial charge in [-0.05, 0) is 0 Å². The van der Waals surface area contributed by atoms with E-state index in [4.69, 9.17) is 5.11 Å². The molecule has 1 saturated heterocycles. The van der Waals surface area contributed by atoms with Crippen LogP contribution in [0.4, 0.5) is 5.69 Å².